The van der Waals surface area contributed by atoms with Crippen molar-refractivity contribution in [2.24, 2.45) is 0 Å². The summed E-state index contributed by atoms with van der Waals surface area (Å²) in [5, 5.41) is 8.14. The molecule has 3 heterocycles. The minimum atomic E-state index is -3.21. The maximum absolute atomic E-state index is 13.2. The van der Waals surface area contributed by atoms with E-state index in [1.807, 2.05) is 12.1 Å². The number of nitrogens with one attached hydrogen (secondary N) is 4. The van der Waals surface area contributed by atoms with E-state index in [0.717, 1.165) is 66.4 Å². The molecule has 0 spiro atoms. The Morgan fingerprint density at radius 1 is 1.16 bits per heavy atom. The Kier molecular flexibility index (Phi) is 8.06. The summed E-state index contributed by atoms with van der Waals surface area (Å²) in [5.74, 6) is -0.431. The second-order valence-electron chi connectivity index (χ2n) is 9.94. The molecule has 1 aromatic carbocycles. The van der Waals surface area contributed by atoms with Crippen molar-refractivity contribution < 1.29 is 18.0 Å². The van der Waals surface area contributed by atoms with Gasteiger partial charge in [0, 0.05) is 65.5 Å². The first-order valence-electron chi connectivity index (χ1n) is 12.7. The lowest BCUT2D eigenvalue weighted by Gasteiger charge is -2.32. The fraction of sp³-hybridized carbons (Fsp3) is 0.480. The molecule has 2 amide bonds. The topological polar surface area (TPSA) is 136 Å². The van der Waals surface area contributed by atoms with Crippen molar-refractivity contribution in [3.8, 4) is 0 Å². The number of thiazole rings is 1. The fourth-order valence-electron chi connectivity index (χ4n) is 5.10. The van der Waals surface area contributed by atoms with Gasteiger partial charge in [0.05, 0.1) is 11.9 Å². The molecule has 1 aliphatic heterocycles. The third kappa shape index (κ3) is 6.55. The van der Waals surface area contributed by atoms with E-state index < -0.39 is 10.0 Å². The third-order valence-electron chi connectivity index (χ3n) is 7.02. The predicted octanol–water partition coefficient (Wildman–Crippen LogP) is 2.66. The van der Waals surface area contributed by atoms with Gasteiger partial charge in [-0.05, 0) is 37.1 Å². The number of carbonyl (C=O) groups excluding carboxylic acids is 2. The van der Waals surface area contributed by atoms with E-state index in [9.17, 15) is 18.0 Å². The van der Waals surface area contributed by atoms with Gasteiger partial charge in [-0.15, -0.1) is 11.3 Å². The molecule has 10 nitrogen and oxygen atoms in total. The molecule has 0 saturated heterocycles. The lowest BCUT2D eigenvalue weighted by Crippen LogP contribution is -2.53. The van der Waals surface area contributed by atoms with Gasteiger partial charge in [-0.3, -0.25) is 14.5 Å². The van der Waals surface area contributed by atoms with E-state index in [-0.39, 0.29) is 23.9 Å². The minimum Gasteiger partial charge on any atom is -0.351 e. The Bertz CT molecular complexity index is 1450. The van der Waals surface area contributed by atoms with Crippen LogP contribution in [0.2, 0.25) is 5.02 Å². The van der Waals surface area contributed by atoms with Gasteiger partial charge < -0.3 is 15.6 Å². The number of amides is 2. The van der Waals surface area contributed by atoms with Crippen molar-refractivity contribution in [3.63, 3.8) is 0 Å². The van der Waals surface area contributed by atoms with Gasteiger partial charge in [-0.2, -0.15) is 0 Å². The van der Waals surface area contributed by atoms with Crippen LogP contribution in [-0.4, -0.2) is 73.1 Å². The van der Waals surface area contributed by atoms with Gasteiger partial charge in [0.15, 0.2) is 5.01 Å². The average Bonchev–Trinajstić information content (AvgIpc) is 3.48. The van der Waals surface area contributed by atoms with Gasteiger partial charge in [-0.1, -0.05) is 24.4 Å². The maximum atomic E-state index is 13.2. The number of nitrogens with zero attached hydrogens (tertiary/aromatic N) is 2. The molecule has 0 bridgehead atoms. The van der Waals surface area contributed by atoms with Gasteiger partial charge in [0.2, 0.25) is 10.0 Å². The van der Waals surface area contributed by atoms with Crippen molar-refractivity contribution in [1.29, 1.82) is 0 Å². The first-order chi connectivity index (χ1) is 18.1. The van der Waals surface area contributed by atoms with Gasteiger partial charge >= 0.3 is 0 Å². The van der Waals surface area contributed by atoms with Crippen molar-refractivity contribution in [2.75, 3.05) is 25.9 Å². The highest BCUT2D eigenvalue weighted by molar-refractivity contribution is 7.88. The smallest absolute Gasteiger partial charge is 0.280 e. The summed E-state index contributed by atoms with van der Waals surface area (Å²) in [6.07, 6.45) is 5.40. The number of rotatable bonds is 8. The number of sulfonamides is 1. The molecule has 2 aromatic heterocycles. The molecule has 0 radical (unpaired) electrons. The Morgan fingerprint density at radius 2 is 1.89 bits per heavy atom. The molecule has 38 heavy (non-hydrogen) atoms. The summed E-state index contributed by atoms with van der Waals surface area (Å²) in [7, 11) is -3.21. The van der Waals surface area contributed by atoms with E-state index in [1.165, 1.54) is 11.3 Å². The highest BCUT2D eigenvalue weighted by atomic mass is 35.5. The summed E-state index contributed by atoms with van der Waals surface area (Å²) >= 11 is 7.46. The summed E-state index contributed by atoms with van der Waals surface area (Å²) in [6, 6.07) is 6.86. The first kappa shape index (κ1) is 27.1. The molecule has 4 N–H and O–H groups in total. The molecule has 1 fully saturated rings. The van der Waals surface area contributed by atoms with E-state index >= 15 is 0 Å². The lowest BCUT2D eigenvalue weighted by atomic mass is 9.90. The summed E-state index contributed by atoms with van der Waals surface area (Å²) in [5.41, 5.74) is 2.23. The predicted molar refractivity (Wildman–Crippen MR) is 148 cm³/mol. The largest absolute Gasteiger partial charge is 0.351 e. The molecule has 2 atom stereocenters. The Morgan fingerprint density at radius 3 is 2.63 bits per heavy atom. The molecule has 2 aliphatic rings. The lowest BCUT2D eigenvalue weighted by molar-refractivity contribution is 0.0860. The molecule has 13 heteroatoms. The summed E-state index contributed by atoms with van der Waals surface area (Å²) in [4.78, 5) is 37.1. The zero-order valence-electron chi connectivity index (χ0n) is 21.0. The van der Waals surface area contributed by atoms with Crippen molar-refractivity contribution >= 4 is 55.7 Å². The second-order valence-corrected chi connectivity index (χ2v) is 13.3. The normalized spacial score (nSPS) is 20.3. The fourth-order valence-corrected chi connectivity index (χ4v) is 6.80. The molecule has 0 unspecified atom stereocenters. The molecular weight excluding hydrogens is 548 g/mol. The molecule has 1 saturated carbocycles. The summed E-state index contributed by atoms with van der Waals surface area (Å²) < 4.78 is 25.1. The number of hydrogen-bond donors (Lipinski definition) is 4. The number of H-pyrrole nitrogens is 1. The average molecular weight is 579 g/mol. The van der Waals surface area contributed by atoms with E-state index in [2.05, 4.69) is 30.2 Å². The molecule has 3 aromatic rings. The van der Waals surface area contributed by atoms with Crippen LogP contribution in [0.4, 0.5) is 0 Å². The number of carbonyl (C=O) groups is 2. The summed E-state index contributed by atoms with van der Waals surface area (Å²) in [6.45, 7) is 2.35. The van der Waals surface area contributed by atoms with Crippen LogP contribution in [0.25, 0.3) is 10.9 Å². The quantitative estimate of drug-likeness (QED) is 0.324. The van der Waals surface area contributed by atoms with Crippen LogP contribution in [0.5, 0.6) is 0 Å². The molecular formula is C25H31ClN6O4S2. The van der Waals surface area contributed by atoms with Crippen molar-refractivity contribution in [1.82, 2.24) is 30.2 Å². The van der Waals surface area contributed by atoms with Gasteiger partial charge in [0.1, 0.15) is 5.69 Å². The second kappa shape index (κ2) is 11.3. The van der Waals surface area contributed by atoms with Crippen molar-refractivity contribution in [2.45, 2.75) is 50.7 Å². The Balaban J connectivity index is 1.20. The van der Waals surface area contributed by atoms with Crippen LogP contribution in [0.1, 0.15) is 56.5 Å². The van der Waals surface area contributed by atoms with E-state index in [1.54, 1.807) is 12.1 Å². The van der Waals surface area contributed by atoms with Crippen LogP contribution >= 0.6 is 22.9 Å². The number of aromatic amines is 1. The third-order valence-corrected chi connectivity index (χ3v) is 9.07. The minimum absolute atomic E-state index is 0.178. The standard InChI is InChI=1S/C25H31ClN6O4S2/c1-38(35,36)27-9-11-32-10-8-20-22(14-32)37-25(31-20)24(34)30-19-5-3-2-4-18(19)29-23(33)21-13-15-12-16(26)6-7-17(15)28-21/h6-7,12-13,18-19,27-28H,2-5,8-11,14H2,1H3,(H,29,33)(H,30,34)/t18-,19+/m0/s1. The van der Waals surface area contributed by atoms with Crippen LogP contribution < -0.4 is 15.4 Å². The Hall–Kier alpha value is -2.51. The maximum Gasteiger partial charge on any atom is 0.280 e. The highest BCUT2D eigenvalue weighted by Gasteiger charge is 2.30. The number of fused-ring (bicyclic) bond motifs is 2. The highest BCUT2D eigenvalue weighted by Crippen LogP contribution is 2.26. The number of aromatic nitrogens is 2. The molecule has 1 aliphatic carbocycles. The number of halogens is 1. The van der Waals surface area contributed by atoms with Crippen LogP contribution in [0.15, 0.2) is 24.3 Å². The number of benzene rings is 1. The SMILES string of the molecule is CS(=O)(=O)NCCN1CCc2nc(C(=O)N[C@@H]3CCCC[C@@H]3NC(=O)c3cc4cc(Cl)ccc4[nH]3)sc2C1. The van der Waals surface area contributed by atoms with Gasteiger partial charge in [0.25, 0.3) is 11.8 Å². The van der Waals surface area contributed by atoms with Gasteiger partial charge in [-0.25, -0.2) is 18.1 Å². The Labute approximate surface area is 230 Å². The monoisotopic (exact) mass is 578 g/mol. The van der Waals surface area contributed by atoms with Crippen LogP contribution in [0.3, 0.4) is 0 Å². The van der Waals surface area contributed by atoms with Crippen LogP contribution in [0, 0.1) is 0 Å². The van der Waals surface area contributed by atoms with Crippen molar-refractivity contribution in [3.05, 3.63) is 50.6 Å². The zero-order valence-corrected chi connectivity index (χ0v) is 23.4. The van der Waals surface area contributed by atoms with E-state index in [4.69, 9.17) is 11.6 Å². The van der Waals surface area contributed by atoms with Crippen LogP contribution in [-0.2, 0) is 23.0 Å². The number of hydrogen-bond acceptors (Lipinski definition) is 7. The molecule has 5 rings (SSSR count). The first-order valence-corrected chi connectivity index (χ1v) is 15.8. The molecule has 204 valence electrons. The zero-order chi connectivity index (χ0) is 26.9. The van der Waals surface area contributed by atoms with E-state index in [0.29, 0.717) is 35.4 Å².